The molecule has 0 spiro atoms. The molecule has 5 heteroatoms. The van der Waals surface area contributed by atoms with Gasteiger partial charge in [0.15, 0.2) is 0 Å². The van der Waals surface area contributed by atoms with E-state index in [0.29, 0.717) is 18.0 Å². The molecule has 0 aliphatic rings. The van der Waals surface area contributed by atoms with E-state index in [2.05, 4.69) is 5.32 Å². The Hall–Kier alpha value is -1.75. The van der Waals surface area contributed by atoms with Crippen LogP contribution in [0, 0.1) is 0 Å². The van der Waals surface area contributed by atoms with E-state index in [-0.39, 0.29) is 12.3 Å². The van der Waals surface area contributed by atoms with Gasteiger partial charge in [0, 0.05) is 19.0 Å². The SMILES string of the molecule is CCc1cc(OC)c(NC(=O)CCN)cc1OC. The second-order valence-electron chi connectivity index (χ2n) is 3.80. The van der Waals surface area contributed by atoms with Crippen LogP contribution in [0.5, 0.6) is 11.5 Å². The maximum absolute atomic E-state index is 11.5. The van der Waals surface area contributed by atoms with Crippen molar-refractivity contribution in [3.8, 4) is 11.5 Å². The zero-order valence-corrected chi connectivity index (χ0v) is 11.1. The van der Waals surface area contributed by atoms with Crippen molar-refractivity contribution in [1.82, 2.24) is 0 Å². The van der Waals surface area contributed by atoms with Crippen LogP contribution in [0.4, 0.5) is 5.69 Å². The maximum atomic E-state index is 11.5. The summed E-state index contributed by atoms with van der Waals surface area (Å²) in [4.78, 5) is 11.5. The second kappa shape index (κ2) is 6.86. The van der Waals surface area contributed by atoms with Gasteiger partial charge in [0.1, 0.15) is 11.5 Å². The normalized spacial score (nSPS) is 10.0. The molecule has 5 nitrogen and oxygen atoms in total. The number of anilines is 1. The van der Waals surface area contributed by atoms with Crippen molar-refractivity contribution in [2.75, 3.05) is 26.1 Å². The minimum Gasteiger partial charge on any atom is -0.496 e. The number of benzene rings is 1. The minimum atomic E-state index is -0.137. The fourth-order valence-corrected chi connectivity index (χ4v) is 1.68. The summed E-state index contributed by atoms with van der Waals surface area (Å²) >= 11 is 0. The maximum Gasteiger partial charge on any atom is 0.225 e. The van der Waals surface area contributed by atoms with Crippen molar-refractivity contribution in [3.63, 3.8) is 0 Å². The zero-order chi connectivity index (χ0) is 13.5. The van der Waals surface area contributed by atoms with Crippen molar-refractivity contribution in [2.24, 2.45) is 5.73 Å². The Morgan fingerprint density at radius 3 is 2.44 bits per heavy atom. The molecule has 0 radical (unpaired) electrons. The Morgan fingerprint density at radius 2 is 1.94 bits per heavy atom. The largest absolute Gasteiger partial charge is 0.496 e. The van der Waals surface area contributed by atoms with E-state index in [1.54, 1.807) is 20.3 Å². The fraction of sp³-hybridized carbons (Fsp3) is 0.462. The molecular formula is C13H20N2O3. The van der Waals surface area contributed by atoms with Crippen LogP contribution in [0.1, 0.15) is 18.9 Å². The van der Waals surface area contributed by atoms with Crippen LogP contribution in [-0.2, 0) is 11.2 Å². The molecule has 100 valence electrons. The van der Waals surface area contributed by atoms with Gasteiger partial charge < -0.3 is 20.5 Å². The number of carbonyl (C=O) groups excluding carboxylic acids is 1. The predicted molar refractivity (Wildman–Crippen MR) is 71.2 cm³/mol. The highest BCUT2D eigenvalue weighted by Gasteiger charge is 2.12. The van der Waals surface area contributed by atoms with E-state index in [1.165, 1.54) is 0 Å². The van der Waals surface area contributed by atoms with Gasteiger partial charge in [-0.15, -0.1) is 0 Å². The van der Waals surface area contributed by atoms with Crippen LogP contribution in [-0.4, -0.2) is 26.7 Å². The number of carbonyl (C=O) groups is 1. The molecule has 1 rings (SSSR count). The van der Waals surface area contributed by atoms with Crippen molar-refractivity contribution in [1.29, 1.82) is 0 Å². The van der Waals surface area contributed by atoms with E-state index in [4.69, 9.17) is 15.2 Å². The molecule has 1 aromatic rings. The second-order valence-corrected chi connectivity index (χ2v) is 3.80. The Morgan fingerprint density at radius 1 is 1.28 bits per heavy atom. The molecule has 0 aliphatic heterocycles. The Labute approximate surface area is 107 Å². The summed E-state index contributed by atoms with van der Waals surface area (Å²) in [6.45, 7) is 2.35. The molecule has 0 saturated heterocycles. The highest BCUT2D eigenvalue weighted by atomic mass is 16.5. The number of hydrogen-bond acceptors (Lipinski definition) is 4. The topological polar surface area (TPSA) is 73.6 Å². The van der Waals surface area contributed by atoms with Crippen LogP contribution < -0.4 is 20.5 Å². The van der Waals surface area contributed by atoms with Gasteiger partial charge in [0.2, 0.25) is 5.91 Å². The third kappa shape index (κ3) is 3.37. The lowest BCUT2D eigenvalue weighted by Crippen LogP contribution is -2.16. The predicted octanol–water partition coefficient (Wildman–Crippen LogP) is 1.55. The number of nitrogens with two attached hydrogens (primary N) is 1. The quantitative estimate of drug-likeness (QED) is 0.805. The first-order valence-corrected chi connectivity index (χ1v) is 5.91. The lowest BCUT2D eigenvalue weighted by molar-refractivity contribution is -0.116. The number of aryl methyl sites for hydroxylation is 1. The molecule has 0 bridgehead atoms. The third-order valence-electron chi connectivity index (χ3n) is 2.63. The average molecular weight is 252 g/mol. The summed E-state index contributed by atoms with van der Waals surface area (Å²) in [5.41, 5.74) is 6.97. The van der Waals surface area contributed by atoms with E-state index in [1.807, 2.05) is 13.0 Å². The Balaban J connectivity index is 3.05. The first-order valence-electron chi connectivity index (χ1n) is 5.91. The monoisotopic (exact) mass is 252 g/mol. The van der Waals surface area contributed by atoms with Crippen LogP contribution in [0.25, 0.3) is 0 Å². The molecule has 0 aromatic heterocycles. The fourth-order valence-electron chi connectivity index (χ4n) is 1.68. The number of methoxy groups -OCH3 is 2. The van der Waals surface area contributed by atoms with E-state index in [0.717, 1.165) is 17.7 Å². The van der Waals surface area contributed by atoms with Crippen molar-refractivity contribution < 1.29 is 14.3 Å². The van der Waals surface area contributed by atoms with Gasteiger partial charge in [0.25, 0.3) is 0 Å². The number of rotatable bonds is 6. The Kier molecular flexibility index (Phi) is 5.45. The number of nitrogens with one attached hydrogen (secondary N) is 1. The first-order chi connectivity index (χ1) is 8.65. The van der Waals surface area contributed by atoms with E-state index < -0.39 is 0 Å². The van der Waals surface area contributed by atoms with Crippen molar-refractivity contribution >= 4 is 11.6 Å². The van der Waals surface area contributed by atoms with Gasteiger partial charge in [-0.1, -0.05) is 6.92 Å². The van der Waals surface area contributed by atoms with Crippen LogP contribution in [0.2, 0.25) is 0 Å². The number of ether oxygens (including phenoxy) is 2. The molecule has 1 amide bonds. The van der Waals surface area contributed by atoms with Gasteiger partial charge in [-0.05, 0) is 18.1 Å². The van der Waals surface area contributed by atoms with Crippen molar-refractivity contribution in [2.45, 2.75) is 19.8 Å². The number of amides is 1. The summed E-state index contributed by atoms with van der Waals surface area (Å²) in [6.07, 6.45) is 1.11. The zero-order valence-electron chi connectivity index (χ0n) is 11.1. The molecule has 1 aromatic carbocycles. The highest BCUT2D eigenvalue weighted by Crippen LogP contribution is 2.33. The van der Waals surface area contributed by atoms with E-state index >= 15 is 0 Å². The molecule has 0 atom stereocenters. The summed E-state index contributed by atoms with van der Waals surface area (Å²) < 4.78 is 10.6. The lowest BCUT2D eigenvalue weighted by Gasteiger charge is -2.14. The van der Waals surface area contributed by atoms with Crippen molar-refractivity contribution in [3.05, 3.63) is 17.7 Å². The molecule has 0 fully saturated rings. The van der Waals surface area contributed by atoms with E-state index in [9.17, 15) is 4.79 Å². The molecule has 18 heavy (non-hydrogen) atoms. The van der Waals surface area contributed by atoms with Crippen LogP contribution >= 0.6 is 0 Å². The highest BCUT2D eigenvalue weighted by molar-refractivity contribution is 5.92. The van der Waals surface area contributed by atoms with Gasteiger partial charge in [-0.2, -0.15) is 0 Å². The molecule has 0 unspecified atom stereocenters. The summed E-state index contributed by atoms with van der Waals surface area (Å²) in [5.74, 6) is 1.22. The lowest BCUT2D eigenvalue weighted by atomic mass is 10.1. The van der Waals surface area contributed by atoms with Gasteiger partial charge in [-0.25, -0.2) is 0 Å². The molecule has 0 saturated carbocycles. The van der Waals surface area contributed by atoms with Gasteiger partial charge in [-0.3, -0.25) is 4.79 Å². The summed E-state index contributed by atoms with van der Waals surface area (Å²) in [6, 6.07) is 3.64. The summed E-state index contributed by atoms with van der Waals surface area (Å²) in [7, 11) is 3.17. The standard InChI is InChI=1S/C13H20N2O3/c1-4-9-7-12(18-3)10(8-11(9)17-2)15-13(16)5-6-14/h7-8H,4-6,14H2,1-3H3,(H,15,16). The molecule has 3 N–H and O–H groups in total. The summed E-state index contributed by atoms with van der Waals surface area (Å²) in [5, 5.41) is 2.76. The third-order valence-corrected chi connectivity index (χ3v) is 2.63. The molecule has 0 heterocycles. The van der Waals surface area contributed by atoms with Crippen LogP contribution in [0.3, 0.4) is 0 Å². The average Bonchev–Trinajstić information content (AvgIpc) is 2.38. The van der Waals surface area contributed by atoms with Gasteiger partial charge >= 0.3 is 0 Å². The number of hydrogen-bond donors (Lipinski definition) is 2. The van der Waals surface area contributed by atoms with Crippen LogP contribution in [0.15, 0.2) is 12.1 Å². The first kappa shape index (κ1) is 14.3. The Bertz CT molecular complexity index is 419. The minimum absolute atomic E-state index is 0.137. The van der Waals surface area contributed by atoms with Gasteiger partial charge in [0.05, 0.1) is 19.9 Å². The molecular weight excluding hydrogens is 232 g/mol. The molecule has 0 aliphatic carbocycles. The smallest absolute Gasteiger partial charge is 0.225 e.